The molecule has 1 saturated heterocycles. The molecule has 2 aromatic heterocycles. The number of hydrogen-bond acceptors (Lipinski definition) is 6. The lowest BCUT2D eigenvalue weighted by molar-refractivity contribution is 0.351. The SMILES string of the molecule is O=c1ccncn1CC1CCN(c2nc(C3CC3)ns2)CC1. The minimum absolute atomic E-state index is 0.0376. The van der Waals surface area contributed by atoms with Gasteiger partial charge in [0, 0.05) is 49.3 Å². The first-order valence-corrected chi connectivity index (χ1v) is 8.66. The Kier molecular flexibility index (Phi) is 3.65. The molecule has 0 atom stereocenters. The highest BCUT2D eigenvalue weighted by Crippen LogP contribution is 2.40. The van der Waals surface area contributed by atoms with Gasteiger partial charge in [-0.05, 0) is 31.6 Å². The van der Waals surface area contributed by atoms with Crippen LogP contribution in [-0.4, -0.2) is 32.0 Å². The van der Waals surface area contributed by atoms with Crippen LogP contribution in [-0.2, 0) is 6.54 Å². The topological polar surface area (TPSA) is 63.9 Å². The fourth-order valence-electron chi connectivity index (χ4n) is 2.96. The molecule has 4 rings (SSSR count). The van der Waals surface area contributed by atoms with Crippen molar-refractivity contribution >= 4 is 16.7 Å². The smallest absolute Gasteiger partial charge is 0.253 e. The largest absolute Gasteiger partial charge is 0.347 e. The predicted molar refractivity (Wildman–Crippen MR) is 85.3 cm³/mol. The van der Waals surface area contributed by atoms with Gasteiger partial charge in [0.15, 0.2) is 0 Å². The third-order valence-corrected chi connectivity index (χ3v) is 5.30. The van der Waals surface area contributed by atoms with Gasteiger partial charge in [-0.2, -0.15) is 4.37 Å². The van der Waals surface area contributed by atoms with Crippen LogP contribution in [0, 0.1) is 5.92 Å². The number of rotatable bonds is 4. The van der Waals surface area contributed by atoms with E-state index < -0.39 is 0 Å². The first kappa shape index (κ1) is 13.9. The first-order chi connectivity index (χ1) is 10.8. The molecule has 6 nitrogen and oxygen atoms in total. The second-order valence-corrected chi connectivity index (χ2v) is 6.94. The van der Waals surface area contributed by atoms with Gasteiger partial charge >= 0.3 is 0 Å². The lowest BCUT2D eigenvalue weighted by Crippen LogP contribution is -2.36. The van der Waals surface area contributed by atoms with Crippen molar-refractivity contribution in [3.63, 3.8) is 0 Å². The minimum atomic E-state index is 0.0376. The molecule has 1 saturated carbocycles. The molecule has 0 radical (unpaired) electrons. The van der Waals surface area contributed by atoms with Crippen LogP contribution in [0.1, 0.15) is 37.4 Å². The summed E-state index contributed by atoms with van der Waals surface area (Å²) in [5.41, 5.74) is 0.0376. The Morgan fingerprint density at radius 1 is 1.23 bits per heavy atom. The number of aromatic nitrogens is 4. The number of hydrogen-bond donors (Lipinski definition) is 0. The highest BCUT2D eigenvalue weighted by atomic mass is 32.1. The second kappa shape index (κ2) is 5.79. The molecular weight excluding hydrogens is 298 g/mol. The van der Waals surface area contributed by atoms with Crippen LogP contribution in [0.25, 0.3) is 0 Å². The van der Waals surface area contributed by atoms with E-state index in [1.165, 1.54) is 30.4 Å². The van der Waals surface area contributed by atoms with E-state index in [0.717, 1.165) is 43.4 Å². The molecule has 1 aliphatic carbocycles. The molecule has 0 bridgehead atoms. The minimum Gasteiger partial charge on any atom is -0.347 e. The standard InChI is InChI=1S/C15H19N5OS/c21-13-3-6-16-10-20(13)9-11-4-7-19(8-5-11)15-17-14(18-22-15)12-1-2-12/h3,6,10-12H,1-2,4-5,7-9H2. The van der Waals surface area contributed by atoms with Crippen molar-refractivity contribution in [2.75, 3.05) is 18.0 Å². The Morgan fingerprint density at radius 3 is 2.77 bits per heavy atom. The summed E-state index contributed by atoms with van der Waals surface area (Å²) in [4.78, 5) is 22.8. The Bertz CT molecular complexity index is 700. The highest BCUT2D eigenvalue weighted by Gasteiger charge is 2.29. The lowest BCUT2D eigenvalue weighted by Gasteiger charge is -2.31. The molecule has 7 heteroatoms. The fraction of sp³-hybridized carbons (Fsp3) is 0.600. The predicted octanol–water partition coefficient (Wildman–Crippen LogP) is 1.89. The number of nitrogens with zero attached hydrogens (tertiary/aromatic N) is 5. The third-order valence-electron chi connectivity index (χ3n) is 4.51. The highest BCUT2D eigenvalue weighted by molar-refractivity contribution is 7.09. The van der Waals surface area contributed by atoms with Crippen LogP contribution in [0.15, 0.2) is 23.4 Å². The maximum absolute atomic E-state index is 11.7. The summed E-state index contributed by atoms with van der Waals surface area (Å²) in [5.74, 6) is 2.21. The molecule has 1 aliphatic heterocycles. The summed E-state index contributed by atoms with van der Waals surface area (Å²) >= 11 is 1.53. The summed E-state index contributed by atoms with van der Waals surface area (Å²) in [6.45, 7) is 2.77. The number of anilines is 1. The molecule has 3 heterocycles. The zero-order valence-electron chi connectivity index (χ0n) is 12.4. The molecule has 2 aliphatic rings. The molecule has 0 spiro atoms. The normalized spacial score (nSPS) is 19.5. The maximum atomic E-state index is 11.7. The van der Waals surface area contributed by atoms with Crippen molar-refractivity contribution in [2.45, 2.75) is 38.1 Å². The monoisotopic (exact) mass is 317 g/mol. The summed E-state index contributed by atoms with van der Waals surface area (Å²) in [7, 11) is 0. The van der Waals surface area contributed by atoms with Gasteiger partial charge in [-0.25, -0.2) is 9.97 Å². The van der Waals surface area contributed by atoms with Crippen LogP contribution < -0.4 is 10.5 Å². The van der Waals surface area contributed by atoms with E-state index in [1.807, 2.05) is 0 Å². The van der Waals surface area contributed by atoms with Gasteiger partial charge in [0.25, 0.3) is 5.56 Å². The quantitative estimate of drug-likeness (QED) is 0.861. The zero-order valence-corrected chi connectivity index (χ0v) is 13.2. The molecule has 22 heavy (non-hydrogen) atoms. The average Bonchev–Trinajstić information content (AvgIpc) is 3.28. The van der Waals surface area contributed by atoms with E-state index in [9.17, 15) is 4.79 Å². The Morgan fingerprint density at radius 2 is 2.05 bits per heavy atom. The summed E-state index contributed by atoms with van der Waals surface area (Å²) in [5, 5.41) is 1.07. The lowest BCUT2D eigenvalue weighted by atomic mass is 9.97. The average molecular weight is 317 g/mol. The van der Waals surface area contributed by atoms with Gasteiger partial charge in [-0.3, -0.25) is 9.36 Å². The van der Waals surface area contributed by atoms with E-state index in [4.69, 9.17) is 0 Å². The molecule has 116 valence electrons. The van der Waals surface area contributed by atoms with Crippen LogP contribution in [0.4, 0.5) is 5.13 Å². The van der Waals surface area contributed by atoms with Crippen LogP contribution >= 0.6 is 11.5 Å². The van der Waals surface area contributed by atoms with Crippen molar-refractivity contribution in [2.24, 2.45) is 5.92 Å². The van der Waals surface area contributed by atoms with E-state index in [-0.39, 0.29) is 5.56 Å². The van der Waals surface area contributed by atoms with Gasteiger partial charge in [0.1, 0.15) is 5.82 Å². The van der Waals surface area contributed by atoms with E-state index in [2.05, 4.69) is 19.2 Å². The van der Waals surface area contributed by atoms with Crippen molar-refractivity contribution in [3.8, 4) is 0 Å². The van der Waals surface area contributed by atoms with Crippen molar-refractivity contribution in [1.82, 2.24) is 18.9 Å². The van der Waals surface area contributed by atoms with Gasteiger partial charge in [0.2, 0.25) is 5.13 Å². The van der Waals surface area contributed by atoms with Gasteiger partial charge in [-0.15, -0.1) is 0 Å². The van der Waals surface area contributed by atoms with Gasteiger partial charge < -0.3 is 4.90 Å². The Hall–Kier alpha value is -1.76. The van der Waals surface area contributed by atoms with Crippen LogP contribution in [0.5, 0.6) is 0 Å². The summed E-state index contributed by atoms with van der Waals surface area (Å²) < 4.78 is 6.21. The van der Waals surface area contributed by atoms with Crippen molar-refractivity contribution < 1.29 is 0 Å². The fourth-order valence-corrected chi connectivity index (χ4v) is 3.76. The molecule has 2 fully saturated rings. The Labute approximate surface area is 133 Å². The number of piperidine rings is 1. The molecule has 2 aromatic rings. The zero-order chi connectivity index (χ0) is 14.9. The van der Waals surface area contributed by atoms with E-state index >= 15 is 0 Å². The molecule has 0 amide bonds. The van der Waals surface area contributed by atoms with Gasteiger partial charge in [0.05, 0.1) is 6.33 Å². The molecule has 0 unspecified atom stereocenters. The van der Waals surface area contributed by atoms with Crippen LogP contribution in [0.2, 0.25) is 0 Å². The first-order valence-electron chi connectivity index (χ1n) is 7.88. The van der Waals surface area contributed by atoms with Crippen molar-refractivity contribution in [1.29, 1.82) is 0 Å². The molecule has 0 aromatic carbocycles. The summed E-state index contributed by atoms with van der Waals surface area (Å²) in [6.07, 6.45) is 7.85. The Balaban J connectivity index is 1.35. The third kappa shape index (κ3) is 2.90. The van der Waals surface area contributed by atoms with Gasteiger partial charge in [-0.1, -0.05) is 0 Å². The molecular formula is C15H19N5OS. The van der Waals surface area contributed by atoms with Crippen LogP contribution in [0.3, 0.4) is 0 Å². The maximum Gasteiger partial charge on any atom is 0.253 e. The van der Waals surface area contributed by atoms with E-state index in [0.29, 0.717) is 11.8 Å². The summed E-state index contributed by atoms with van der Waals surface area (Å²) in [6, 6.07) is 1.52. The molecule has 0 N–H and O–H groups in total. The van der Waals surface area contributed by atoms with Crippen molar-refractivity contribution in [3.05, 3.63) is 34.8 Å². The second-order valence-electron chi connectivity index (χ2n) is 6.21. The van der Waals surface area contributed by atoms with E-state index in [1.54, 1.807) is 17.1 Å².